The maximum absolute atomic E-state index is 12.7. The van der Waals surface area contributed by atoms with Gasteiger partial charge in [-0.05, 0) is 56.2 Å². The van der Waals surface area contributed by atoms with Crippen molar-refractivity contribution in [3.63, 3.8) is 0 Å². The number of hydrogen-bond acceptors (Lipinski definition) is 4. The second kappa shape index (κ2) is 6.73. The molecule has 0 bridgehead atoms. The standard InChI is InChI=1S/C21H21N3O4S/c1-12-13(2)23-18-9-8-15(10-17(12)18)11-22-20(25)14(3)24-21(26)16-6-4-5-7-19(16)29(24,27)28/h4-10,14,23H,11H2,1-3H3,(H,22,25)/t14-/m0/s1. The molecule has 0 unspecified atom stereocenters. The lowest BCUT2D eigenvalue weighted by Crippen LogP contribution is -2.47. The Bertz CT molecular complexity index is 1260. The van der Waals surface area contributed by atoms with Gasteiger partial charge in [0, 0.05) is 23.1 Å². The molecular formula is C21H21N3O4S. The molecule has 2 N–H and O–H groups in total. The Balaban J connectivity index is 1.52. The predicted octanol–water partition coefficient (Wildman–Crippen LogP) is 2.63. The molecule has 0 fully saturated rings. The summed E-state index contributed by atoms with van der Waals surface area (Å²) in [4.78, 5) is 28.5. The quantitative estimate of drug-likeness (QED) is 0.689. The molecule has 2 aromatic carbocycles. The second-order valence-corrected chi connectivity index (χ2v) is 9.03. The Hall–Kier alpha value is -3.13. The number of fused-ring (bicyclic) bond motifs is 2. The third-order valence-corrected chi connectivity index (χ3v) is 7.34. The monoisotopic (exact) mass is 411 g/mol. The van der Waals surface area contributed by atoms with E-state index in [-0.39, 0.29) is 17.0 Å². The molecule has 2 amide bonds. The Morgan fingerprint density at radius 1 is 1.17 bits per heavy atom. The molecule has 1 aliphatic heterocycles. The zero-order valence-electron chi connectivity index (χ0n) is 16.3. The molecule has 1 atom stereocenters. The summed E-state index contributed by atoms with van der Waals surface area (Å²) in [5, 5.41) is 3.82. The fourth-order valence-electron chi connectivity index (χ4n) is 3.65. The van der Waals surface area contributed by atoms with Crippen LogP contribution >= 0.6 is 0 Å². The largest absolute Gasteiger partial charge is 0.358 e. The van der Waals surface area contributed by atoms with Crippen molar-refractivity contribution in [1.82, 2.24) is 14.6 Å². The first-order valence-corrected chi connectivity index (χ1v) is 10.7. The van der Waals surface area contributed by atoms with Gasteiger partial charge in [0.05, 0.1) is 5.56 Å². The normalized spacial score (nSPS) is 16.1. The van der Waals surface area contributed by atoms with E-state index in [2.05, 4.69) is 10.3 Å². The molecule has 0 saturated heterocycles. The Morgan fingerprint density at radius 3 is 2.62 bits per heavy atom. The minimum Gasteiger partial charge on any atom is -0.358 e. The number of nitrogens with one attached hydrogen (secondary N) is 2. The average molecular weight is 411 g/mol. The second-order valence-electron chi connectivity index (χ2n) is 7.25. The zero-order chi connectivity index (χ0) is 20.9. The van der Waals surface area contributed by atoms with E-state index >= 15 is 0 Å². The molecule has 29 heavy (non-hydrogen) atoms. The van der Waals surface area contributed by atoms with Gasteiger partial charge in [0.2, 0.25) is 5.91 Å². The number of benzene rings is 2. The van der Waals surface area contributed by atoms with Crippen LogP contribution in [0.1, 0.15) is 34.1 Å². The minimum absolute atomic E-state index is 0.0617. The van der Waals surface area contributed by atoms with Crippen LogP contribution in [0, 0.1) is 13.8 Å². The topological polar surface area (TPSA) is 99.3 Å². The van der Waals surface area contributed by atoms with Gasteiger partial charge in [0.15, 0.2) is 0 Å². The number of H-pyrrole nitrogens is 1. The summed E-state index contributed by atoms with van der Waals surface area (Å²) in [6.45, 7) is 5.68. The maximum Gasteiger partial charge on any atom is 0.269 e. The van der Waals surface area contributed by atoms with Crippen LogP contribution in [0.25, 0.3) is 10.9 Å². The van der Waals surface area contributed by atoms with Gasteiger partial charge in [-0.2, -0.15) is 0 Å². The zero-order valence-corrected chi connectivity index (χ0v) is 17.1. The van der Waals surface area contributed by atoms with Gasteiger partial charge in [-0.1, -0.05) is 18.2 Å². The highest BCUT2D eigenvalue weighted by Crippen LogP contribution is 2.31. The third-order valence-electron chi connectivity index (χ3n) is 5.43. The van der Waals surface area contributed by atoms with E-state index < -0.39 is 27.9 Å². The number of rotatable bonds is 4. The first kappa shape index (κ1) is 19.2. The van der Waals surface area contributed by atoms with Crippen molar-refractivity contribution in [3.05, 3.63) is 64.8 Å². The number of amides is 2. The summed E-state index contributed by atoms with van der Waals surface area (Å²) in [6, 6.07) is 10.7. The lowest BCUT2D eigenvalue weighted by Gasteiger charge is -2.22. The number of nitrogens with zero attached hydrogens (tertiary/aromatic N) is 1. The van der Waals surface area contributed by atoms with Crippen molar-refractivity contribution >= 4 is 32.7 Å². The molecule has 4 rings (SSSR count). The van der Waals surface area contributed by atoms with Crippen LogP contribution in [0.4, 0.5) is 0 Å². The molecular weight excluding hydrogens is 390 g/mol. The summed E-state index contributed by atoms with van der Waals surface area (Å²) in [5.74, 6) is -1.21. The molecule has 8 heteroatoms. The number of hydrogen-bond donors (Lipinski definition) is 2. The summed E-state index contributed by atoms with van der Waals surface area (Å²) >= 11 is 0. The molecule has 3 aromatic rings. The average Bonchev–Trinajstić information content (AvgIpc) is 3.09. The molecule has 2 heterocycles. The van der Waals surface area contributed by atoms with E-state index in [1.807, 2.05) is 32.0 Å². The highest BCUT2D eigenvalue weighted by molar-refractivity contribution is 7.90. The van der Waals surface area contributed by atoms with Gasteiger partial charge in [-0.3, -0.25) is 9.59 Å². The highest BCUT2D eigenvalue weighted by Gasteiger charge is 2.45. The molecule has 0 saturated carbocycles. The van der Waals surface area contributed by atoms with Crippen LogP contribution in [0.5, 0.6) is 0 Å². The van der Waals surface area contributed by atoms with Crippen LogP contribution in [-0.4, -0.2) is 35.6 Å². The fraction of sp³-hybridized carbons (Fsp3) is 0.238. The van der Waals surface area contributed by atoms with Crippen molar-refractivity contribution in [2.45, 2.75) is 38.3 Å². The Kier molecular flexibility index (Phi) is 4.46. The first-order valence-electron chi connectivity index (χ1n) is 9.25. The molecule has 0 spiro atoms. The highest BCUT2D eigenvalue weighted by atomic mass is 32.2. The minimum atomic E-state index is -4.04. The number of aromatic amines is 1. The lowest BCUT2D eigenvalue weighted by molar-refractivity contribution is -0.124. The number of carbonyl (C=O) groups is 2. The SMILES string of the molecule is Cc1[nH]c2ccc(CNC(=O)[C@H](C)N3C(=O)c4ccccc4S3(=O)=O)cc2c1C. The van der Waals surface area contributed by atoms with E-state index in [1.165, 1.54) is 19.1 Å². The van der Waals surface area contributed by atoms with E-state index in [0.717, 1.165) is 27.7 Å². The van der Waals surface area contributed by atoms with E-state index in [4.69, 9.17) is 0 Å². The van der Waals surface area contributed by atoms with Crippen molar-refractivity contribution in [1.29, 1.82) is 0 Å². The van der Waals surface area contributed by atoms with Crippen LogP contribution in [0.15, 0.2) is 47.4 Å². The van der Waals surface area contributed by atoms with E-state index in [0.29, 0.717) is 4.31 Å². The molecule has 1 aliphatic rings. The molecule has 150 valence electrons. The smallest absolute Gasteiger partial charge is 0.269 e. The number of sulfonamides is 1. The van der Waals surface area contributed by atoms with Gasteiger partial charge in [-0.15, -0.1) is 0 Å². The summed E-state index contributed by atoms with van der Waals surface area (Å²) in [6.07, 6.45) is 0. The van der Waals surface area contributed by atoms with Crippen molar-refractivity contribution < 1.29 is 18.0 Å². The number of aromatic nitrogens is 1. The van der Waals surface area contributed by atoms with E-state index in [9.17, 15) is 18.0 Å². The maximum atomic E-state index is 12.7. The number of carbonyl (C=O) groups excluding carboxylic acids is 2. The Morgan fingerprint density at radius 2 is 1.90 bits per heavy atom. The van der Waals surface area contributed by atoms with Crippen LogP contribution < -0.4 is 5.32 Å². The summed E-state index contributed by atoms with van der Waals surface area (Å²) in [7, 11) is -4.04. The third kappa shape index (κ3) is 3.00. The van der Waals surface area contributed by atoms with Crippen molar-refractivity contribution in [2.24, 2.45) is 0 Å². The summed E-state index contributed by atoms with van der Waals surface area (Å²) in [5.41, 5.74) is 4.24. The van der Waals surface area contributed by atoms with Crippen molar-refractivity contribution in [2.75, 3.05) is 0 Å². The van der Waals surface area contributed by atoms with Gasteiger partial charge in [0.25, 0.3) is 15.9 Å². The van der Waals surface area contributed by atoms with Crippen LogP contribution in [0.3, 0.4) is 0 Å². The predicted molar refractivity (Wildman–Crippen MR) is 109 cm³/mol. The van der Waals surface area contributed by atoms with E-state index in [1.54, 1.807) is 12.1 Å². The lowest BCUT2D eigenvalue weighted by atomic mass is 10.1. The summed E-state index contributed by atoms with van der Waals surface area (Å²) < 4.78 is 26.1. The van der Waals surface area contributed by atoms with Gasteiger partial charge in [-0.25, -0.2) is 12.7 Å². The van der Waals surface area contributed by atoms with Gasteiger partial charge >= 0.3 is 0 Å². The number of aryl methyl sites for hydroxylation is 2. The van der Waals surface area contributed by atoms with Crippen LogP contribution in [-0.2, 0) is 21.4 Å². The van der Waals surface area contributed by atoms with Gasteiger partial charge < -0.3 is 10.3 Å². The molecule has 0 radical (unpaired) electrons. The first-order chi connectivity index (χ1) is 13.7. The van der Waals surface area contributed by atoms with Gasteiger partial charge in [0.1, 0.15) is 10.9 Å². The Labute approximate surface area is 168 Å². The van der Waals surface area contributed by atoms with Crippen LogP contribution in [0.2, 0.25) is 0 Å². The molecule has 1 aromatic heterocycles. The fourth-order valence-corrected chi connectivity index (χ4v) is 5.37. The molecule has 0 aliphatic carbocycles. The molecule has 7 nitrogen and oxygen atoms in total. The van der Waals surface area contributed by atoms with Crippen molar-refractivity contribution in [3.8, 4) is 0 Å².